The van der Waals surface area contributed by atoms with Gasteiger partial charge in [-0.05, 0) is 24.1 Å². The number of hydrazine groups is 2. The predicted octanol–water partition coefficient (Wildman–Crippen LogP) is 1.98. The first-order valence-corrected chi connectivity index (χ1v) is 12.1. The highest BCUT2D eigenvalue weighted by molar-refractivity contribution is 5.89. The summed E-state index contributed by atoms with van der Waals surface area (Å²) in [5.74, 6) is -1.24. The zero-order chi connectivity index (χ0) is 26.1. The molecule has 3 atom stereocenters. The molecule has 0 aliphatic carbocycles. The molecule has 3 aromatic heterocycles. The number of halogens is 2. The minimum Gasteiger partial charge on any atom is -0.339 e. The third-order valence-electron chi connectivity index (χ3n) is 6.59. The Morgan fingerprint density at radius 1 is 1.24 bits per heavy atom. The van der Waals surface area contributed by atoms with Crippen LogP contribution in [0.4, 0.5) is 8.78 Å². The van der Waals surface area contributed by atoms with Gasteiger partial charge < -0.3 is 25.5 Å². The van der Waals surface area contributed by atoms with Crippen molar-refractivity contribution in [2.75, 3.05) is 6.54 Å². The predicted molar refractivity (Wildman–Crippen MR) is 131 cm³/mol. The smallest absolute Gasteiger partial charge is 0.243 e. The summed E-state index contributed by atoms with van der Waals surface area (Å²) in [6.45, 7) is 3.55. The normalized spacial score (nSPS) is 20.0. The summed E-state index contributed by atoms with van der Waals surface area (Å²) >= 11 is 0. The van der Waals surface area contributed by atoms with E-state index in [4.69, 9.17) is 0 Å². The molecule has 4 N–H and O–H groups in total. The molecule has 1 fully saturated rings. The van der Waals surface area contributed by atoms with Gasteiger partial charge in [-0.1, -0.05) is 26.0 Å². The van der Waals surface area contributed by atoms with E-state index < -0.39 is 36.0 Å². The lowest BCUT2D eigenvalue weighted by molar-refractivity contribution is -0.138. The van der Waals surface area contributed by atoms with Gasteiger partial charge in [0, 0.05) is 24.4 Å². The van der Waals surface area contributed by atoms with Crippen molar-refractivity contribution in [3.8, 4) is 0 Å². The number of carbonyl (C=O) groups excluding carboxylic acids is 2. The van der Waals surface area contributed by atoms with Crippen molar-refractivity contribution >= 4 is 17.3 Å². The van der Waals surface area contributed by atoms with Gasteiger partial charge in [-0.2, -0.15) is 9.93 Å². The SMILES string of the molecule is CC(C)c1ccc(C(NC(=O)[C@@H]2C[C@@H](F)CN2C(=O)CC2=CNNN2)c2ncc3ccccn23)nc1F. The molecule has 3 aromatic rings. The summed E-state index contributed by atoms with van der Waals surface area (Å²) in [6.07, 6.45) is 3.49. The number of rotatable bonds is 7. The minimum absolute atomic E-state index is 0.0335. The first-order valence-electron chi connectivity index (χ1n) is 12.1. The first kappa shape index (κ1) is 24.6. The number of amides is 2. The van der Waals surface area contributed by atoms with Crippen LogP contribution in [0.1, 0.15) is 55.7 Å². The number of imidazole rings is 1. The highest BCUT2D eigenvalue weighted by Gasteiger charge is 2.41. The van der Waals surface area contributed by atoms with Crippen molar-refractivity contribution in [1.82, 2.24) is 41.0 Å². The van der Waals surface area contributed by atoms with Gasteiger partial charge in [0.25, 0.3) is 0 Å². The minimum atomic E-state index is -1.34. The number of hydrogen-bond acceptors (Lipinski definition) is 7. The lowest BCUT2D eigenvalue weighted by Gasteiger charge is -2.26. The molecule has 2 aliphatic rings. The van der Waals surface area contributed by atoms with Gasteiger partial charge >= 0.3 is 0 Å². The van der Waals surface area contributed by atoms with Crippen molar-refractivity contribution < 1.29 is 18.4 Å². The number of likely N-dealkylation sites (tertiary alicyclic amines) is 1. The van der Waals surface area contributed by atoms with E-state index in [0.717, 1.165) is 5.52 Å². The summed E-state index contributed by atoms with van der Waals surface area (Å²) < 4.78 is 31.1. The molecule has 0 aromatic carbocycles. The molecule has 1 unspecified atom stereocenters. The van der Waals surface area contributed by atoms with Crippen LogP contribution in [-0.2, 0) is 9.59 Å². The Morgan fingerprint density at radius 3 is 2.81 bits per heavy atom. The van der Waals surface area contributed by atoms with Crippen molar-refractivity contribution in [3.05, 3.63) is 77.7 Å². The van der Waals surface area contributed by atoms with Gasteiger partial charge in [0.15, 0.2) is 0 Å². The van der Waals surface area contributed by atoms with Crippen LogP contribution in [0, 0.1) is 5.95 Å². The Morgan fingerprint density at radius 2 is 2.08 bits per heavy atom. The molecular weight excluding hydrogens is 482 g/mol. The van der Waals surface area contributed by atoms with E-state index in [0.29, 0.717) is 17.1 Å². The maximum atomic E-state index is 14.9. The van der Waals surface area contributed by atoms with Crippen LogP contribution in [-0.4, -0.2) is 49.8 Å². The maximum Gasteiger partial charge on any atom is 0.243 e. The molecule has 0 radical (unpaired) electrons. The second-order valence-corrected chi connectivity index (χ2v) is 9.46. The second-order valence-electron chi connectivity index (χ2n) is 9.46. The molecule has 2 aliphatic heterocycles. The summed E-state index contributed by atoms with van der Waals surface area (Å²) in [5, 5.41) is 2.88. The molecule has 12 heteroatoms. The summed E-state index contributed by atoms with van der Waals surface area (Å²) in [7, 11) is 0. The van der Waals surface area contributed by atoms with E-state index in [1.54, 1.807) is 35.1 Å². The Balaban J connectivity index is 1.46. The van der Waals surface area contributed by atoms with Gasteiger partial charge in [0.05, 0.1) is 36.1 Å². The number of pyridine rings is 2. The van der Waals surface area contributed by atoms with Crippen molar-refractivity contribution in [3.63, 3.8) is 0 Å². The second kappa shape index (κ2) is 10.1. The number of carbonyl (C=O) groups is 2. The molecule has 194 valence electrons. The Kier molecular flexibility index (Phi) is 6.74. The van der Waals surface area contributed by atoms with E-state index in [1.807, 2.05) is 32.0 Å². The molecule has 1 saturated heterocycles. The number of alkyl halides is 1. The standard InChI is InChI=1S/C25H28F2N8O2/c1-14(2)18-6-7-19(30-23(18)27)22(24-28-12-17-5-3-4-8-34(17)24)31-25(37)20-9-15(26)13-35(20)21(36)10-16-11-29-33-32-16/h3-8,11-12,14-15,20,22,29,32-33H,9-10,13H2,1-2H3,(H,31,37)/t15-,20+,22?/m1/s1. The number of nitrogens with one attached hydrogen (secondary N) is 4. The van der Waals surface area contributed by atoms with E-state index >= 15 is 0 Å². The molecule has 0 saturated carbocycles. The van der Waals surface area contributed by atoms with E-state index in [1.165, 1.54) is 4.90 Å². The Hall–Kier alpha value is -4.06. The van der Waals surface area contributed by atoms with Crippen LogP contribution in [0.2, 0.25) is 0 Å². The highest BCUT2D eigenvalue weighted by Crippen LogP contribution is 2.27. The molecule has 37 heavy (non-hydrogen) atoms. The number of hydrogen-bond donors (Lipinski definition) is 4. The average Bonchev–Trinajstić information content (AvgIpc) is 3.62. The lowest BCUT2D eigenvalue weighted by Crippen LogP contribution is -2.47. The zero-order valence-electron chi connectivity index (χ0n) is 20.4. The fourth-order valence-electron chi connectivity index (χ4n) is 4.68. The zero-order valence-corrected chi connectivity index (χ0v) is 20.4. The molecule has 2 amide bonds. The molecular formula is C25H28F2N8O2. The fraction of sp³-hybridized carbons (Fsp3) is 0.360. The van der Waals surface area contributed by atoms with Crippen LogP contribution in [0.3, 0.4) is 0 Å². The van der Waals surface area contributed by atoms with Gasteiger partial charge in [-0.15, -0.1) is 0 Å². The topological polar surface area (TPSA) is 116 Å². The van der Waals surface area contributed by atoms with E-state index in [-0.39, 0.29) is 31.0 Å². The molecule has 0 spiro atoms. The molecule has 10 nitrogen and oxygen atoms in total. The third-order valence-corrected chi connectivity index (χ3v) is 6.59. The van der Waals surface area contributed by atoms with Gasteiger partial charge in [0.1, 0.15) is 24.1 Å². The number of aromatic nitrogens is 3. The molecule has 0 bridgehead atoms. The quantitative estimate of drug-likeness (QED) is 0.359. The fourth-order valence-corrected chi connectivity index (χ4v) is 4.68. The molecule has 5 heterocycles. The molecule has 5 rings (SSSR count). The van der Waals surface area contributed by atoms with Crippen LogP contribution < -0.4 is 21.7 Å². The third kappa shape index (κ3) is 4.96. The monoisotopic (exact) mass is 510 g/mol. The van der Waals surface area contributed by atoms with E-state index in [9.17, 15) is 18.4 Å². The number of fused-ring (bicyclic) bond motifs is 1. The van der Waals surface area contributed by atoms with Crippen molar-refractivity contribution in [2.45, 2.75) is 50.9 Å². The van der Waals surface area contributed by atoms with E-state index in [2.05, 4.69) is 31.7 Å². The summed E-state index contributed by atoms with van der Waals surface area (Å²) in [4.78, 5) is 36.3. The van der Waals surface area contributed by atoms with Crippen LogP contribution >= 0.6 is 0 Å². The van der Waals surface area contributed by atoms with Gasteiger partial charge in [-0.3, -0.25) is 9.59 Å². The average molecular weight is 511 g/mol. The first-order chi connectivity index (χ1) is 17.8. The van der Waals surface area contributed by atoms with Gasteiger partial charge in [-0.25, -0.2) is 14.4 Å². The van der Waals surface area contributed by atoms with Gasteiger partial charge in [0.2, 0.25) is 17.8 Å². The Labute approximate surface area is 212 Å². The highest BCUT2D eigenvalue weighted by atomic mass is 19.1. The summed E-state index contributed by atoms with van der Waals surface area (Å²) in [5.41, 5.74) is 10.2. The van der Waals surface area contributed by atoms with Crippen LogP contribution in [0.5, 0.6) is 0 Å². The number of nitrogens with zero attached hydrogens (tertiary/aromatic N) is 4. The Bertz CT molecular complexity index is 1360. The lowest BCUT2D eigenvalue weighted by atomic mass is 10.0. The van der Waals surface area contributed by atoms with Crippen molar-refractivity contribution in [1.29, 1.82) is 0 Å². The largest absolute Gasteiger partial charge is 0.339 e. The van der Waals surface area contributed by atoms with Crippen LogP contribution in [0.25, 0.3) is 5.52 Å². The van der Waals surface area contributed by atoms with Crippen molar-refractivity contribution in [2.24, 2.45) is 0 Å². The van der Waals surface area contributed by atoms with Crippen LogP contribution in [0.15, 0.2) is 54.6 Å². The summed E-state index contributed by atoms with van der Waals surface area (Å²) in [6, 6.07) is 6.85. The maximum absolute atomic E-state index is 14.9.